The van der Waals surface area contributed by atoms with Crippen molar-refractivity contribution in [3.05, 3.63) is 224 Å². The Morgan fingerprint density at radius 1 is 0.246 bits per heavy atom. The fraction of sp³-hybridized carbons (Fsp3) is 0. The van der Waals surface area contributed by atoms with Gasteiger partial charge in [0.15, 0.2) is 0 Å². The predicted octanol–water partition coefficient (Wildman–Crippen LogP) is 12.4. The fourth-order valence-electron chi connectivity index (χ4n) is 8.97. The van der Waals surface area contributed by atoms with Gasteiger partial charge in [-0.05, 0) is 109 Å². The molecule has 0 bridgehead atoms. The van der Waals surface area contributed by atoms with Crippen LogP contribution in [0.2, 0.25) is 0 Å². The highest BCUT2D eigenvalue weighted by Crippen LogP contribution is 2.45. The first-order valence-electron chi connectivity index (χ1n) is 19.7. The molecule has 2 nitrogen and oxygen atoms in total. The summed E-state index contributed by atoms with van der Waals surface area (Å²) >= 11 is 0. The van der Waals surface area contributed by atoms with Crippen LogP contribution in [0.15, 0.2) is 224 Å². The maximum atomic E-state index is 2.49. The van der Waals surface area contributed by atoms with Gasteiger partial charge in [0.25, 0.3) is 6.71 Å². The van der Waals surface area contributed by atoms with Gasteiger partial charge in [-0.2, -0.15) is 0 Å². The summed E-state index contributed by atoms with van der Waals surface area (Å²) in [5.41, 5.74) is 20.7. The average Bonchev–Trinajstić information content (AvgIpc) is 3.30. The standard InChI is InChI=1S/C54H37BN2/c1-5-14-38(15-6-1)42-24-30-46(31-25-42)56-50-22-13-23-51-54(50)55(48-34-28-44(36-52(48)56)40-18-9-3-10-19-40)49-35-29-45(41-20-11-4-12-21-41)37-53(49)57(51)47-32-26-43(27-33-47)39-16-7-2-8-17-39/h1-37H. The second-order valence-electron chi connectivity index (χ2n) is 14.9. The monoisotopic (exact) mass is 724 g/mol. The molecule has 266 valence electrons. The lowest BCUT2D eigenvalue weighted by atomic mass is 9.33. The van der Waals surface area contributed by atoms with Crippen LogP contribution in [0.25, 0.3) is 44.5 Å². The lowest BCUT2D eigenvalue weighted by Gasteiger charge is -2.44. The largest absolute Gasteiger partial charge is 0.311 e. The van der Waals surface area contributed by atoms with Crippen molar-refractivity contribution in [2.45, 2.75) is 0 Å². The van der Waals surface area contributed by atoms with Gasteiger partial charge < -0.3 is 9.80 Å². The first-order valence-corrected chi connectivity index (χ1v) is 19.7. The number of fused-ring (bicyclic) bond motifs is 4. The summed E-state index contributed by atoms with van der Waals surface area (Å²) in [6.07, 6.45) is 0. The van der Waals surface area contributed by atoms with Gasteiger partial charge in [0.2, 0.25) is 0 Å². The number of anilines is 6. The number of nitrogens with zero attached hydrogens (tertiary/aromatic N) is 2. The van der Waals surface area contributed by atoms with Gasteiger partial charge in [-0.3, -0.25) is 0 Å². The molecule has 2 heterocycles. The molecule has 0 radical (unpaired) electrons. The number of hydrogen-bond donors (Lipinski definition) is 0. The minimum absolute atomic E-state index is 0.0375. The Bertz CT molecular complexity index is 2680. The van der Waals surface area contributed by atoms with Crippen molar-refractivity contribution < 1.29 is 0 Å². The van der Waals surface area contributed by atoms with E-state index < -0.39 is 0 Å². The minimum atomic E-state index is 0.0375. The molecule has 0 saturated carbocycles. The van der Waals surface area contributed by atoms with Gasteiger partial charge in [0.1, 0.15) is 0 Å². The van der Waals surface area contributed by atoms with E-state index in [0.29, 0.717) is 0 Å². The first kappa shape index (κ1) is 33.0. The highest BCUT2D eigenvalue weighted by Gasteiger charge is 2.43. The van der Waals surface area contributed by atoms with Crippen molar-refractivity contribution >= 4 is 57.2 Å². The van der Waals surface area contributed by atoms with Gasteiger partial charge in [-0.25, -0.2) is 0 Å². The molecule has 0 atom stereocenters. The van der Waals surface area contributed by atoms with E-state index in [1.54, 1.807) is 0 Å². The van der Waals surface area contributed by atoms with E-state index in [-0.39, 0.29) is 6.71 Å². The molecule has 57 heavy (non-hydrogen) atoms. The Hall–Kier alpha value is -7.36. The van der Waals surface area contributed by atoms with Crippen LogP contribution in [0, 0.1) is 0 Å². The summed E-state index contributed by atoms with van der Waals surface area (Å²) < 4.78 is 0. The van der Waals surface area contributed by atoms with E-state index in [4.69, 9.17) is 0 Å². The Balaban J connectivity index is 1.14. The zero-order chi connectivity index (χ0) is 37.7. The van der Waals surface area contributed by atoms with Crippen molar-refractivity contribution in [2.75, 3.05) is 9.80 Å². The van der Waals surface area contributed by atoms with E-state index in [0.717, 1.165) is 11.4 Å². The predicted molar refractivity (Wildman–Crippen MR) is 242 cm³/mol. The highest BCUT2D eigenvalue weighted by molar-refractivity contribution is 7.00. The third-order valence-electron chi connectivity index (χ3n) is 11.7. The molecular formula is C54H37BN2. The molecule has 0 N–H and O–H groups in total. The van der Waals surface area contributed by atoms with Crippen molar-refractivity contribution in [1.82, 2.24) is 0 Å². The number of rotatable bonds is 6. The molecule has 0 aliphatic carbocycles. The van der Waals surface area contributed by atoms with Crippen LogP contribution in [0.1, 0.15) is 0 Å². The molecular weight excluding hydrogens is 687 g/mol. The lowest BCUT2D eigenvalue weighted by Crippen LogP contribution is -2.61. The summed E-state index contributed by atoms with van der Waals surface area (Å²) in [4.78, 5) is 4.98. The average molecular weight is 725 g/mol. The van der Waals surface area contributed by atoms with Crippen LogP contribution in [-0.4, -0.2) is 6.71 Å². The molecule has 0 amide bonds. The summed E-state index contributed by atoms with van der Waals surface area (Å²) in [6, 6.07) is 82.0. The van der Waals surface area contributed by atoms with Gasteiger partial charge in [-0.1, -0.05) is 176 Å². The maximum absolute atomic E-state index is 2.49. The fourth-order valence-corrected chi connectivity index (χ4v) is 8.97. The van der Waals surface area contributed by atoms with Gasteiger partial charge in [0, 0.05) is 34.1 Å². The highest BCUT2D eigenvalue weighted by atomic mass is 15.2. The molecule has 0 saturated heterocycles. The van der Waals surface area contributed by atoms with Gasteiger partial charge >= 0.3 is 0 Å². The van der Waals surface area contributed by atoms with E-state index in [1.165, 1.54) is 83.6 Å². The van der Waals surface area contributed by atoms with Crippen molar-refractivity contribution in [3.8, 4) is 44.5 Å². The third kappa shape index (κ3) is 5.67. The molecule has 3 heteroatoms. The maximum Gasteiger partial charge on any atom is 0.252 e. The Morgan fingerprint density at radius 3 is 0.930 bits per heavy atom. The van der Waals surface area contributed by atoms with E-state index >= 15 is 0 Å². The summed E-state index contributed by atoms with van der Waals surface area (Å²) in [5, 5.41) is 0. The SMILES string of the molecule is c1ccc(-c2ccc(N3c4cc(-c5ccccc5)ccc4B4c5ccc(-c6ccccc6)cc5N(c5ccc(-c6ccccc6)cc5)c5cccc3c54)cc2)cc1. The molecule has 0 fully saturated rings. The molecule has 2 aliphatic rings. The molecule has 0 spiro atoms. The van der Waals surface area contributed by atoms with Crippen LogP contribution in [0.3, 0.4) is 0 Å². The Labute approximate surface area is 334 Å². The van der Waals surface area contributed by atoms with Crippen LogP contribution in [0.5, 0.6) is 0 Å². The smallest absolute Gasteiger partial charge is 0.252 e. The van der Waals surface area contributed by atoms with Gasteiger partial charge in [-0.15, -0.1) is 0 Å². The zero-order valence-corrected chi connectivity index (χ0v) is 31.3. The van der Waals surface area contributed by atoms with Crippen LogP contribution in [0.4, 0.5) is 34.1 Å². The molecule has 0 unspecified atom stereocenters. The van der Waals surface area contributed by atoms with Crippen molar-refractivity contribution in [1.29, 1.82) is 0 Å². The summed E-state index contributed by atoms with van der Waals surface area (Å²) in [7, 11) is 0. The molecule has 11 rings (SSSR count). The topological polar surface area (TPSA) is 6.48 Å². The van der Waals surface area contributed by atoms with Crippen LogP contribution < -0.4 is 26.2 Å². The third-order valence-corrected chi connectivity index (χ3v) is 11.7. The number of hydrogen-bond acceptors (Lipinski definition) is 2. The molecule has 9 aromatic carbocycles. The molecule has 2 aliphatic heterocycles. The van der Waals surface area contributed by atoms with Crippen molar-refractivity contribution in [2.24, 2.45) is 0 Å². The Kier molecular flexibility index (Phi) is 7.96. The second-order valence-corrected chi connectivity index (χ2v) is 14.9. The molecule has 0 aromatic heterocycles. The van der Waals surface area contributed by atoms with Crippen LogP contribution in [-0.2, 0) is 0 Å². The second kappa shape index (κ2) is 13.7. The van der Waals surface area contributed by atoms with Crippen LogP contribution >= 0.6 is 0 Å². The summed E-state index contributed by atoms with van der Waals surface area (Å²) in [6.45, 7) is 0.0375. The van der Waals surface area contributed by atoms with Gasteiger partial charge in [0.05, 0.1) is 0 Å². The number of benzene rings is 9. The van der Waals surface area contributed by atoms with Crippen molar-refractivity contribution in [3.63, 3.8) is 0 Å². The normalized spacial score (nSPS) is 12.5. The Morgan fingerprint density at radius 2 is 0.561 bits per heavy atom. The van der Waals surface area contributed by atoms with E-state index in [2.05, 4.69) is 234 Å². The summed E-state index contributed by atoms with van der Waals surface area (Å²) in [5.74, 6) is 0. The van der Waals surface area contributed by atoms with E-state index in [1.807, 2.05) is 0 Å². The zero-order valence-electron chi connectivity index (χ0n) is 31.3. The first-order chi connectivity index (χ1) is 28.3. The quantitative estimate of drug-likeness (QED) is 0.158. The lowest BCUT2D eigenvalue weighted by molar-refractivity contribution is 1.25. The molecule has 9 aromatic rings. The minimum Gasteiger partial charge on any atom is -0.311 e. The van der Waals surface area contributed by atoms with E-state index in [9.17, 15) is 0 Å².